The highest BCUT2D eigenvalue weighted by Crippen LogP contribution is 2.27. The zero-order chi connectivity index (χ0) is 16.2. The minimum absolute atomic E-state index is 0.361. The molecule has 3 aromatic heterocycles. The summed E-state index contributed by atoms with van der Waals surface area (Å²) < 4.78 is 4.83. The van der Waals surface area contributed by atoms with E-state index < -0.39 is 6.04 Å². The number of anilines is 1. The van der Waals surface area contributed by atoms with Gasteiger partial charge in [-0.1, -0.05) is 11.3 Å². The molecule has 3 rings (SSSR count). The van der Waals surface area contributed by atoms with Crippen LogP contribution in [0.1, 0.15) is 17.3 Å². The van der Waals surface area contributed by atoms with Crippen LogP contribution in [0.3, 0.4) is 0 Å². The predicted octanol–water partition coefficient (Wildman–Crippen LogP) is 2.62. The Labute approximate surface area is 139 Å². The molecule has 0 spiro atoms. The summed E-state index contributed by atoms with van der Waals surface area (Å²) in [5.74, 6) is -0.743. The van der Waals surface area contributed by atoms with Crippen molar-refractivity contribution in [3.8, 4) is 10.6 Å². The van der Waals surface area contributed by atoms with Gasteiger partial charge in [0.05, 0.1) is 11.8 Å². The fraction of sp³-hybridized carbons (Fsp3) is 0.143. The molecule has 0 bridgehead atoms. The Kier molecular flexibility index (Phi) is 4.49. The Hall–Kier alpha value is -2.52. The van der Waals surface area contributed by atoms with Gasteiger partial charge in [-0.15, -0.1) is 10.2 Å². The number of aromatic nitrogens is 2. The van der Waals surface area contributed by atoms with Crippen molar-refractivity contribution in [2.45, 2.75) is 13.0 Å². The van der Waals surface area contributed by atoms with Crippen LogP contribution in [0, 0.1) is 0 Å². The van der Waals surface area contributed by atoms with Crippen molar-refractivity contribution in [1.29, 1.82) is 0 Å². The first kappa shape index (κ1) is 15.4. The van der Waals surface area contributed by atoms with Crippen LogP contribution >= 0.6 is 22.7 Å². The molecule has 23 heavy (non-hydrogen) atoms. The van der Waals surface area contributed by atoms with Gasteiger partial charge in [-0.05, 0) is 24.4 Å². The molecular formula is C14H12N4O3S2. The molecule has 2 N–H and O–H groups in total. The Morgan fingerprint density at radius 1 is 1.30 bits per heavy atom. The molecule has 3 heterocycles. The molecule has 0 aromatic carbocycles. The molecule has 1 atom stereocenters. The van der Waals surface area contributed by atoms with Crippen molar-refractivity contribution in [2.24, 2.45) is 0 Å². The van der Waals surface area contributed by atoms with Crippen LogP contribution in [0.25, 0.3) is 10.6 Å². The van der Waals surface area contributed by atoms with Gasteiger partial charge in [0.1, 0.15) is 17.3 Å². The lowest BCUT2D eigenvalue weighted by atomic mass is 10.2. The van der Waals surface area contributed by atoms with E-state index in [9.17, 15) is 9.59 Å². The Morgan fingerprint density at radius 3 is 2.87 bits per heavy atom. The van der Waals surface area contributed by atoms with Crippen LogP contribution in [0.5, 0.6) is 0 Å². The smallest absolute Gasteiger partial charge is 0.255 e. The van der Waals surface area contributed by atoms with Crippen molar-refractivity contribution in [3.05, 3.63) is 41.0 Å². The molecule has 0 aliphatic carbocycles. The van der Waals surface area contributed by atoms with E-state index in [0.717, 1.165) is 10.6 Å². The molecule has 2 amide bonds. The maximum atomic E-state index is 12.1. The van der Waals surface area contributed by atoms with Gasteiger partial charge >= 0.3 is 0 Å². The van der Waals surface area contributed by atoms with Crippen LogP contribution in [-0.4, -0.2) is 28.1 Å². The second-order valence-corrected chi connectivity index (χ2v) is 6.38. The van der Waals surface area contributed by atoms with Crippen molar-refractivity contribution >= 4 is 39.6 Å². The number of hydrogen-bond acceptors (Lipinski definition) is 7. The lowest BCUT2D eigenvalue weighted by Crippen LogP contribution is -2.41. The number of carbonyl (C=O) groups is 2. The first-order valence-corrected chi connectivity index (χ1v) is 8.39. The Balaban J connectivity index is 1.59. The highest BCUT2D eigenvalue weighted by atomic mass is 32.1. The molecule has 118 valence electrons. The van der Waals surface area contributed by atoms with Crippen LogP contribution in [0.4, 0.5) is 5.13 Å². The van der Waals surface area contributed by atoms with E-state index in [4.69, 9.17) is 4.42 Å². The average molecular weight is 348 g/mol. The lowest BCUT2D eigenvalue weighted by molar-refractivity contribution is -0.117. The third-order valence-electron chi connectivity index (χ3n) is 2.95. The van der Waals surface area contributed by atoms with Crippen LogP contribution in [0.15, 0.2) is 39.8 Å². The summed E-state index contributed by atoms with van der Waals surface area (Å²) >= 11 is 2.84. The lowest BCUT2D eigenvalue weighted by Gasteiger charge is -2.11. The predicted molar refractivity (Wildman–Crippen MR) is 87.5 cm³/mol. The topological polar surface area (TPSA) is 97.1 Å². The quantitative estimate of drug-likeness (QED) is 0.739. The van der Waals surface area contributed by atoms with E-state index in [0.29, 0.717) is 10.7 Å². The normalized spacial score (nSPS) is 11.9. The van der Waals surface area contributed by atoms with Gasteiger partial charge in [0.2, 0.25) is 11.0 Å². The largest absolute Gasteiger partial charge is 0.472 e. The monoisotopic (exact) mass is 348 g/mol. The van der Waals surface area contributed by atoms with Crippen LogP contribution in [0.2, 0.25) is 0 Å². The number of nitrogens with zero attached hydrogens (tertiary/aromatic N) is 2. The highest BCUT2D eigenvalue weighted by molar-refractivity contribution is 7.19. The molecule has 9 heteroatoms. The number of thiophene rings is 1. The van der Waals surface area contributed by atoms with Crippen LogP contribution < -0.4 is 10.6 Å². The maximum Gasteiger partial charge on any atom is 0.255 e. The Morgan fingerprint density at radius 2 is 2.17 bits per heavy atom. The molecular weight excluding hydrogens is 336 g/mol. The summed E-state index contributed by atoms with van der Waals surface area (Å²) in [7, 11) is 0. The van der Waals surface area contributed by atoms with E-state index in [-0.39, 0.29) is 11.8 Å². The van der Waals surface area contributed by atoms with Gasteiger partial charge in [-0.3, -0.25) is 14.9 Å². The second-order valence-electron chi connectivity index (χ2n) is 4.62. The van der Waals surface area contributed by atoms with Crippen molar-refractivity contribution in [1.82, 2.24) is 15.5 Å². The van der Waals surface area contributed by atoms with Gasteiger partial charge in [-0.25, -0.2) is 0 Å². The first-order chi connectivity index (χ1) is 11.1. The number of nitrogens with one attached hydrogen (secondary N) is 2. The third kappa shape index (κ3) is 3.63. The van der Waals surface area contributed by atoms with E-state index in [1.807, 2.05) is 16.8 Å². The average Bonchev–Trinajstić information content (AvgIpc) is 3.28. The van der Waals surface area contributed by atoms with Gasteiger partial charge in [0.25, 0.3) is 5.91 Å². The summed E-state index contributed by atoms with van der Waals surface area (Å²) in [6.07, 6.45) is 2.71. The zero-order valence-electron chi connectivity index (χ0n) is 12.0. The summed E-state index contributed by atoms with van der Waals surface area (Å²) in [5, 5.41) is 18.2. The molecule has 0 aliphatic rings. The number of carbonyl (C=O) groups excluding carboxylic acids is 2. The molecule has 0 aliphatic heterocycles. The number of furan rings is 1. The number of amides is 2. The van der Waals surface area contributed by atoms with E-state index in [1.165, 1.54) is 29.9 Å². The summed E-state index contributed by atoms with van der Waals surface area (Å²) in [4.78, 5) is 24.0. The van der Waals surface area contributed by atoms with E-state index in [1.54, 1.807) is 18.3 Å². The molecule has 1 unspecified atom stereocenters. The molecule has 3 aromatic rings. The summed E-state index contributed by atoms with van der Waals surface area (Å²) in [6, 6.07) is 2.74. The zero-order valence-corrected chi connectivity index (χ0v) is 13.6. The minimum Gasteiger partial charge on any atom is -0.472 e. The molecule has 0 radical (unpaired) electrons. The minimum atomic E-state index is -0.717. The second kappa shape index (κ2) is 6.71. The third-order valence-corrected chi connectivity index (χ3v) is 4.52. The SMILES string of the molecule is CC(NC(=O)c1ccoc1)C(=O)Nc1nnc(-c2ccsc2)s1. The fourth-order valence-electron chi connectivity index (χ4n) is 1.73. The van der Waals surface area contributed by atoms with E-state index in [2.05, 4.69) is 20.8 Å². The van der Waals surface area contributed by atoms with Gasteiger partial charge < -0.3 is 9.73 Å². The van der Waals surface area contributed by atoms with Gasteiger partial charge in [0.15, 0.2) is 0 Å². The highest BCUT2D eigenvalue weighted by Gasteiger charge is 2.19. The van der Waals surface area contributed by atoms with Gasteiger partial charge in [0, 0.05) is 10.9 Å². The number of hydrogen-bond donors (Lipinski definition) is 2. The molecule has 0 fully saturated rings. The maximum absolute atomic E-state index is 12.1. The summed E-state index contributed by atoms with van der Waals surface area (Å²) in [5.41, 5.74) is 1.33. The standard InChI is InChI=1S/C14H12N4O3S2/c1-8(15-12(20)9-2-4-21-6-9)11(19)16-14-18-17-13(23-14)10-3-5-22-7-10/h2-8H,1H3,(H,15,20)(H,16,18,19). The van der Waals surface area contributed by atoms with E-state index >= 15 is 0 Å². The fourth-order valence-corrected chi connectivity index (χ4v) is 3.19. The Bertz CT molecular complexity index is 796. The molecule has 0 saturated carbocycles. The number of rotatable bonds is 5. The summed E-state index contributed by atoms with van der Waals surface area (Å²) in [6.45, 7) is 1.59. The molecule has 7 nitrogen and oxygen atoms in total. The first-order valence-electron chi connectivity index (χ1n) is 6.63. The van der Waals surface area contributed by atoms with Crippen LogP contribution in [-0.2, 0) is 4.79 Å². The van der Waals surface area contributed by atoms with Crippen molar-refractivity contribution < 1.29 is 14.0 Å². The van der Waals surface area contributed by atoms with Gasteiger partial charge in [-0.2, -0.15) is 11.3 Å². The molecule has 0 saturated heterocycles. The van der Waals surface area contributed by atoms with Crippen molar-refractivity contribution in [2.75, 3.05) is 5.32 Å². The van der Waals surface area contributed by atoms with Crippen molar-refractivity contribution in [3.63, 3.8) is 0 Å².